The molecule has 0 aliphatic carbocycles. The van der Waals surface area contributed by atoms with Crippen molar-refractivity contribution in [2.75, 3.05) is 13.2 Å². The molecule has 5 heteroatoms. The third-order valence-electron chi connectivity index (χ3n) is 4.23. The van der Waals surface area contributed by atoms with E-state index in [4.69, 9.17) is 9.47 Å². The van der Waals surface area contributed by atoms with Crippen LogP contribution in [0.2, 0.25) is 0 Å². The fourth-order valence-electron chi connectivity index (χ4n) is 2.69. The van der Waals surface area contributed by atoms with Crippen LogP contribution in [0.4, 0.5) is 0 Å². The lowest BCUT2D eigenvalue weighted by Gasteiger charge is -2.15. The molecule has 140 valence electrons. The minimum absolute atomic E-state index is 0.212. The van der Waals surface area contributed by atoms with E-state index in [1.54, 1.807) is 12.4 Å². The van der Waals surface area contributed by atoms with Crippen LogP contribution in [-0.4, -0.2) is 29.6 Å². The molecule has 0 radical (unpaired) electrons. The highest BCUT2D eigenvalue weighted by Gasteiger charge is 2.12. The number of hydrogen-bond donors (Lipinski definition) is 1. The number of carbonyl (C=O) groups excluding carboxylic acids is 1. The molecule has 0 aliphatic rings. The summed E-state index contributed by atoms with van der Waals surface area (Å²) in [6, 6.07) is 7.50. The lowest BCUT2D eigenvalue weighted by molar-refractivity contribution is -0.108. The molecule has 1 heterocycles. The molecule has 0 saturated heterocycles. The van der Waals surface area contributed by atoms with Crippen LogP contribution in [0.15, 0.2) is 36.7 Å². The molecule has 0 amide bonds. The molecule has 0 bridgehead atoms. The summed E-state index contributed by atoms with van der Waals surface area (Å²) in [5.74, 6) is 1.94. The van der Waals surface area contributed by atoms with Crippen LogP contribution in [0.1, 0.15) is 37.3 Å². The number of rotatable bonds is 11. The summed E-state index contributed by atoms with van der Waals surface area (Å²) in [5, 5.41) is 10.4. The average molecular weight is 357 g/mol. The second kappa shape index (κ2) is 10.4. The lowest BCUT2D eigenvalue weighted by atomic mass is 9.96. The highest BCUT2D eigenvalue weighted by molar-refractivity contribution is 5.51. The fourth-order valence-corrected chi connectivity index (χ4v) is 2.69. The average Bonchev–Trinajstić information content (AvgIpc) is 2.64. The Balaban J connectivity index is 1.75. The Labute approximate surface area is 155 Å². The van der Waals surface area contributed by atoms with E-state index in [-0.39, 0.29) is 11.7 Å². The molecule has 5 nitrogen and oxygen atoms in total. The number of unbranched alkanes of at least 4 members (excludes halogenated alkanes) is 1. The van der Waals surface area contributed by atoms with Gasteiger partial charge in [0.15, 0.2) is 0 Å². The highest BCUT2D eigenvalue weighted by atomic mass is 16.5. The number of nitrogens with zero attached hydrogens (tertiary/aromatic N) is 1. The Morgan fingerprint density at radius 3 is 2.65 bits per heavy atom. The number of hydrogen-bond acceptors (Lipinski definition) is 5. The molecular weight excluding hydrogens is 330 g/mol. The second-order valence-corrected chi connectivity index (χ2v) is 6.50. The maximum absolute atomic E-state index is 10.6. The van der Waals surface area contributed by atoms with Gasteiger partial charge in [-0.3, -0.25) is 4.98 Å². The van der Waals surface area contributed by atoms with Crippen molar-refractivity contribution >= 4 is 6.29 Å². The van der Waals surface area contributed by atoms with Gasteiger partial charge in [-0.25, -0.2) is 0 Å². The monoisotopic (exact) mass is 357 g/mol. The standard InChI is InChI=1S/C21H27NO4/c1-16(9-11-23)14-18-7-8-20(17(2)21(18)24)26-13-4-3-12-25-19-6-5-10-22-15-19/h5-8,10-11,15-16,24H,3-4,9,12-14H2,1-2H3. The summed E-state index contributed by atoms with van der Waals surface area (Å²) in [6.45, 7) is 5.04. The van der Waals surface area contributed by atoms with E-state index in [0.717, 1.165) is 36.0 Å². The topological polar surface area (TPSA) is 68.7 Å². The molecule has 0 fully saturated rings. The molecule has 1 aromatic heterocycles. The number of aromatic hydroxyl groups is 1. The van der Waals surface area contributed by atoms with Gasteiger partial charge in [0.1, 0.15) is 23.5 Å². The van der Waals surface area contributed by atoms with Gasteiger partial charge in [0.25, 0.3) is 0 Å². The molecule has 1 aromatic carbocycles. The molecule has 26 heavy (non-hydrogen) atoms. The van der Waals surface area contributed by atoms with Gasteiger partial charge >= 0.3 is 0 Å². The summed E-state index contributed by atoms with van der Waals surface area (Å²) in [7, 11) is 0. The number of ether oxygens (including phenoxy) is 2. The number of benzene rings is 1. The smallest absolute Gasteiger partial charge is 0.137 e. The number of phenolic OH excluding ortho intramolecular Hbond substituents is 1. The van der Waals surface area contributed by atoms with Gasteiger partial charge in [0, 0.05) is 18.2 Å². The number of phenols is 1. The molecule has 0 spiro atoms. The van der Waals surface area contributed by atoms with E-state index in [2.05, 4.69) is 4.98 Å². The summed E-state index contributed by atoms with van der Waals surface area (Å²) < 4.78 is 11.4. The van der Waals surface area contributed by atoms with Gasteiger partial charge in [-0.1, -0.05) is 13.0 Å². The number of carbonyl (C=O) groups is 1. The van der Waals surface area contributed by atoms with Gasteiger partial charge in [-0.2, -0.15) is 0 Å². The van der Waals surface area contributed by atoms with Crippen LogP contribution in [0.3, 0.4) is 0 Å². The Bertz CT molecular complexity index is 688. The van der Waals surface area contributed by atoms with Crippen LogP contribution in [0.25, 0.3) is 0 Å². The molecule has 2 rings (SSSR count). The number of aldehydes is 1. The van der Waals surface area contributed by atoms with Gasteiger partial charge < -0.3 is 19.4 Å². The van der Waals surface area contributed by atoms with E-state index >= 15 is 0 Å². The van der Waals surface area contributed by atoms with Crippen molar-refractivity contribution in [2.24, 2.45) is 5.92 Å². The van der Waals surface area contributed by atoms with E-state index in [9.17, 15) is 9.90 Å². The van der Waals surface area contributed by atoms with Crippen LogP contribution >= 0.6 is 0 Å². The predicted octanol–water partition coefficient (Wildman–Crippen LogP) is 4.10. The van der Waals surface area contributed by atoms with Crippen molar-refractivity contribution in [2.45, 2.75) is 39.5 Å². The minimum Gasteiger partial charge on any atom is -0.507 e. The van der Waals surface area contributed by atoms with Gasteiger partial charge in [-0.15, -0.1) is 0 Å². The molecule has 1 atom stereocenters. The summed E-state index contributed by atoms with van der Waals surface area (Å²) in [4.78, 5) is 14.6. The van der Waals surface area contributed by atoms with Crippen molar-refractivity contribution in [1.82, 2.24) is 4.98 Å². The zero-order chi connectivity index (χ0) is 18.8. The van der Waals surface area contributed by atoms with Gasteiger partial charge in [0.05, 0.1) is 19.4 Å². The first-order valence-corrected chi connectivity index (χ1v) is 9.02. The van der Waals surface area contributed by atoms with Crippen molar-refractivity contribution in [3.8, 4) is 17.2 Å². The molecule has 0 saturated carbocycles. The van der Waals surface area contributed by atoms with Gasteiger partial charge in [-0.05, 0) is 55.9 Å². The number of aromatic nitrogens is 1. The van der Waals surface area contributed by atoms with Crippen molar-refractivity contribution in [3.05, 3.63) is 47.8 Å². The van der Waals surface area contributed by atoms with Crippen LogP contribution in [0.5, 0.6) is 17.2 Å². The zero-order valence-corrected chi connectivity index (χ0v) is 15.5. The maximum atomic E-state index is 10.6. The molecular formula is C21H27NO4. The Hall–Kier alpha value is -2.56. The first kappa shape index (κ1) is 19.8. The first-order valence-electron chi connectivity index (χ1n) is 9.02. The fraction of sp³-hybridized carbons (Fsp3) is 0.429. The van der Waals surface area contributed by atoms with E-state index in [1.165, 1.54) is 0 Å². The van der Waals surface area contributed by atoms with E-state index < -0.39 is 0 Å². The largest absolute Gasteiger partial charge is 0.507 e. The maximum Gasteiger partial charge on any atom is 0.137 e. The summed E-state index contributed by atoms with van der Waals surface area (Å²) >= 11 is 0. The van der Waals surface area contributed by atoms with Gasteiger partial charge in [0.2, 0.25) is 0 Å². The highest BCUT2D eigenvalue weighted by Crippen LogP contribution is 2.32. The normalized spacial score (nSPS) is 11.8. The predicted molar refractivity (Wildman–Crippen MR) is 101 cm³/mol. The van der Waals surface area contributed by atoms with Crippen molar-refractivity contribution < 1.29 is 19.4 Å². The third-order valence-corrected chi connectivity index (χ3v) is 4.23. The SMILES string of the molecule is Cc1c(OCCCCOc2cccnc2)ccc(CC(C)CC=O)c1O. The molecule has 1 N–H and O–H groups in total. The molecule has 1 unspecified atom stereocenters. The minimum atomic E-state index is 0.212. The van der Waals surface area contributed by atoms with E-state index in [1.807, 2.05) is 38.1 Å². The van der Waals surface area contributed by atoms with Crippen LogP contribution < -0.4 is 9.47 Å². The number of pyridine rings is 1. The Kier molecular flexibility index (Phi) is 7.93. The Morgan fingerprint density at radius 2 is 1.96 bits per heavy atom. The van der Waals surface area contributed by atoms with Crippen LogP contribution in [-0.2, 0) is 11.2 Å². The van der Waals surface area contributed by atoms with Crippen molar-refractivity contribution in [3.63, 3.8) is 0 Å². The summed E-state index contributed by atoms with van der Waals surface area (Å²) in [6.07, 6.45) is 7.24. The first-order chi connectivity index (χ1) is 12.6. The van der Waals surface area contributed by atoms with Crippen molar-refractivity contribution in [1.29, 1.82) is 0 Å². The molecule has 0 aliphatic heterocycles. The quantitative estimate of drug-likeness (QED) is 0.484. The Morgan fingerprint density at radius 1 is 1.19 bits per heavy atom. The van der Waals surface area contributed by atoms with E-state index in [0.29, 0.717) is 31.8 Å². The molecule has 2 aromatic rings. The third kappa shape index (κ3) is 6.06. The van der Waals surface area contributed by atoms with Crippen LogP contribution in [0, 0.1) is 12.8 Å². The second-order valence-electron chi connectivity index (χ2n) is 6.50. The zero-order valence-electron chi connectivity index (χ0n) is 15.5. The summed E-state index contributed by atoms with van der Waals surface area (Å²) in [5.41, 5.74) is 1.60. The lowest BCUT2D eigenvalue weighted by Crippen LogP contribution is -2.05.